The van der Waals surface area contributed by atoms with Gasteiger partial charge in [0.2, 0.25) is 5.89 Å². The molecule has 7 heteroatoms. The van der Waals surface area contributed by atoms with Crippen molar-refractivity contribution in [1.29, 1.82) is 0 Å². The van der Waals surface area contributed by atoms with Crippen molar-refractivity contribution in [2.45, 2.75) is 39.2 Å². The van der Waals surface area contributed by atoms with Gasteiger partial charge in [-0.15, -0.1) is 0 Å². The smallest absolute Gasteiger partial charge is 0.253 e. The predicted octanol–water partition coefficient (Wildman–Crippen LogP) is 3.16. The van der Waals surface area contributed by atoms with Crippen LogP contribution in [0, 0.1) is 18.2 Å². The molecule has 0 saturated carbocycles. The van der Waals surface area contributed by atoms with Gasteiger partial charge in [-0.3, -0.25) is 9.69 Å². The van der Waals surface area contributed by atoms with Gasteiger partial charge < -0.3 is 9.42 Å². The van der Waals surface area contributed by atoms with E-state index in [1.54, 1.807) is 24.0 Å². The van der Waals surface area contributed by atoms with E-state index in [4.69, 9.17) is 4.52 Å². The van der Waals surface area contributed by atoms with E-state index in [1.165, 1.54) is 6.07 Å². The number of carbonyl (C=O) groups is 1. The van der Waals surface area contributed by atoms with Gasteiger partial charge in [-0.05, 0) is 38.1 Å². The van der Waals surface area contributed by atoms with Crippen LogP contribution < -0.4 is 0 Å². The molecule has 1 aromatic carbocycles. The Balaban J connectivity index is 1.43. The van der Waals surface area contributed by atoms with E-state index < -0.39 is 0 Å². The summed E-state index contributed by atoms with van der Waals surface area (Å²) >= 11 is 0. The number of nitrogens with zero attached hydrogens (tertiary/aromatic N) is 4. The summed E-state index contributed by atoms with van der Waals surface area (Å²) in [5, 5.41) is 4.16. The Morgan fingerprint density at radius 3 is 2.70 bits per heavy atom. The molecule has 1 unspecified atom stereocenters. The Bertz CT molecular complexity index is 873. The van der Waals surface area contributed by atoms with Gasteiger partial charge in [0.25, 0.3) is 5.91 Å². The second kappa shape index (κ2) is 6.41. The third kappa shape index (κ3) is 3.14. The highest BCUT2D eigenvalue weighted by Gasteiger charge is 2.53. The van der Waals surface area contributed by atoms with Crippen LogP contribution in [-0.4, -0.2) is 52.5 Å². The fourth-order valence-electron chi connectivity index (χ4n) is 4.22. The maximum atomic E-state index is 13.8. The van der Waals surface area contributed by atoms with E-state index in [0.29, 0.717) is 30.1 Å². The normalized spacial score (nSPS) is 21.9. The molecule has 0 radical (unpaired) electrons. The van der Waals surface area contributed by atoms with Crippen LogP contribution in [0.25, 0.3) is 0 Å². The van der Waals surface area contributed by atoms with E-state index in [0.717, 1.165) is 18.8 Å². The Kier molecular flexibility index (Phi) is 4.29. The van der Waals surface area contributed by atoms with E-state index >= 15 is 0 Å². The monoisotopic (exact) mass is 372 g/mol. The first kappa shape index (κ1) is 18.1. The zero-order valence-electron chi connectivity index (χ0n) is 16.2. The van der Waals surface area contributed by atoms with E-state index in [1.807, 2.05) is 13.8 Å². The molecule has 27 heavy (non-hydrogen) atoms. The molecule has 2 aliphatic rings. The number of halogens is 1. The van der Waals surface area contributed by atoms with Gasteiger partial charge in [0, 0.05) is 36.5 Å². The minimum absolute atomic E-state index is 0.0525. The summed E-state index contributed by atoms with van der Waals surface area (Å²) in [6.07, 6.45) is 0.895. The summed E-state index contributed by atoms with van der Waals surface area (Å²) in [6, 6.07) is 4.79. The van der Waals surface area contributed by atoms with Crippen molar-refractivity contribution in [1.82, 2.24) is 19.9 Å². The van der Waals surface area contributed by atoms with Crippen LogP contribution >= 0.6 is 0 Å². The molecule has 0 aliphatic carbocycles. The average Bonchev–Trinajstić information content (AvgIpc) is 3.20. The van der Waals surface area contributed by atoms with Crippen LogP contribution in [0.1, 0.15) is 59.9 Å². The summed E-state index contributed by atoms with van der Waals surface area (Å²) < 4.78 is 19.1. The lowest BCUT2D eigenvalue weighted by Crippen LogP contribution is -2.59. The summed E-state index contributed by atoms with van der Waals surface area (Å²) in [7, 11) is 2.06. The minimum atomic E-state index is -0.338. The minimum Gasteiger partial charge on any atom is -0.339 e. The van der Waals surface area contributed by atoms with E-state index in [2.05, 4.69) is 22.1 Å². The zero-order valence-corrected chi connectivity index (χ0v) is 16.2. The first-order valence-corrected chi connectivity index (χ1v) is 9.37. The second-order valence-corrected chi connectivity index (χ2v) is 8.41. The van der Waals surface area contributed by atoms with Gasteiger partial charge in [0.1, 0.15) is 5.82 Å². The first-order chi connectivity index (χ1) is 12.8. The molecule has 1 spiro atoms. The number of hydrogen-bond acceptors (Lipinski definition) is 5. The summed E-state index contributed by atoms with van der Waals surface area (Å²) in [5.74, 6) is 1.15. The van der Waals surface area contributed by atoms with Crippen molar-refractivity contribution >= 4 is 5.91 Å². The lowest BCUT2D eigenvalue weighted by atomic mass is 9.77. The highest BCUT2D eigenvalue weighted by Crippen LogP contribution is 2.47. The molecular formula is C20H25FN4O2. The molecule has 144 valence electrons. The van der Waals surface area contributed by atoms with Crippen molar-refractivity contribution in [2.24, 2.45) is 5.41 Å². The third-order valence-corrected chi connectivity index (χ3v) is 5.75. The van der Waals surface area contributed by atoms with Crippen LogP contribution in [0.2, 0.25) is 0 Å². The van der Waals surface area contributed by atoms with Crippen molar-refractivity contribution in [3.05, 3.63) is 46.9 Å². The molecule has 2 aliphatic heterocycles. The van der Waals surface area contributed by atoms with E-state index in [9.17, 15) is 9.18 Å². The topological polar surface area (TPSA) is 62.5 Å². The third-order valence-electron chi connectivity index (χ3n) is 5.75. The number of likely N-dealkylation sites (tertiary alicyclic amines) is 2. The van der Waals surface area contributed by atoms with Gasteiger partial charge in [0.15, 0.2) is 5.82 Å². The molecular weight excluding hydrogens is 347 g/mol. The maximum absolute atomic E-state index is 13.8. The van der Waals surface area contributed by atoms with Crippen LogP contribution in [0.15, 0.2) is 22.7 Å². The van der Waals surface area contributed by atoms with Crippen molar-refractivity contribution in [3.63, 3.8) is 0 Å². The Hall–Kier alpha value is -2.28. The van der Waals surface area contributed by atoms with Gasteiger partial charge in [-0.25, -0.2) is 4.39 Å². The molecule has 0 N–H and O–H groups in total. The Morgan fingerprint density at radius 2 is 2.07 bits per heavy atom. The van der Waals surface area contributed by atoms with Gasteiger partial charge >= 0.3 is 0 Å². The van der Waals surface area contributed by atoms with E-state index in [-0.39, 0.29) is 29.1 Å². The molecule has 3 heterocycles. The first-order valence-electron chi connectivity index (χ1n) is 9.37. The number of aryl methyl sites for hydroxylation is 1. The maximum Gasteiger partial charge on any atom is 0.253 e. The number of carbonyl (C=O) groups excluding carboxylic acids is 1. The van der Waals surface area contributed by atoms with Crippen LogP contribution in [-0.2, 0) is 0 Å². The van der Waals surface area contributed by atoms with Crippen LogP contribution in [0.5, 0.6) is 0 Å². The van der Waals surface area contributed by atoms with Gasteiger partial charge in [0.05, 0.1) is 6.04 Å². The molecule has 2 aromatic rings. The molecule has 2 fully saturated rings. The number of amides is 1. The quantitative estimate of drug-likeness (QED) is 0.828. The summed E-state index contributed by atoms with van der Waals surface area (Å²) in [4.78, 5) is 21.2. The van der Waals surface area contributed by atoms with Crippen LogP contribution in [0.4, 0.5) is 4.39 Å². The molecule has 1 atom stereocenters. The largest absolute Gasteiger partial charge is 0.339 e. The summed E-state index contributed by atoms with van der Waals surface area (Å²) in [5.41, 5.74) is 1.01. The molecule has 0 bridgehead atoms. The van der Waals surface area contributed by atoms with Crippen molar-refractivity contribution in [3.8, 4) is 0 Å². The van der Waals surface area contributed by atoms with Crippen molar-refractivity contribution in [2.75, 3.05) is 26.7 Å². The SMILES string of the molecule is Cc1ccc(C(=O)N2CC3(CC(c4noc(C(C)C)n4)N(C)C3)C2)cc1F. The summed E-state index contributed by atoms with van der Waals surface area (Å²) in [6.45, 7) is 7.99. The number of rotatable bonds is 3. The Labute approximate surface area is 158 Å². The second-order valence-electron chi connectivity index (χ2n) is 8.41. The molecule has 6 nitrogen and oxygen atoms in total. The standard InChI is InChI=1S/C20H25FN4O2/c1-12(2)18-22-17(23-27-18)16-8-20(9-24(16)4)10-25(11-20)19(26)14-6-5-13(3)15(21)7-14/h5-7,12,16H,8-11H2,1-4H3. The zero-order chi connectivity index (χ0) is 19.3. The highest BCUT2D eigenvalue weighted by atomic mass is 19.1. The molecule has 1 aromatic heterocycles. The predicted molar refractivity (Wildman–Crippen MR) is 97.8 cm³/mol. The number of hydrogen-bond donors (Lipinski definition) is 0. The fraction of sp³-hybridized carbons (Fsp3) is 0.550. The molecule has 4 rings (SSSR count). The average molecular weight is 372 g/mol. The molecule has 1 amide bonds. The lowest BCUT2D eigenvalue weighted by molar-refractivity contribution is 0.0115. The van der Waals surface area contributed by atoms with Crippen molar-refractivity contribution < 1.29 is 13.7 Å². The lowest BCUT2D eigenvalue weighted by Gasteiger charge is -2.48. The number of benzene rings is 1. The van der Waals surface area contributed by atoms with Gasteiger partial charge in [-0.2, -0.15) is 4.98 Å². The number of aromatic nitrogens is 2. The Morgan fingerprint density at radius 1 is 1.33 bits per heavy atom. The van der Waals surface area contributed by atoms with Gasteiger partial charge in [-0.1, -0.05) is 25.1 Å². The fourth-order valence-corrected chi connectivity index (χ4v) is 4.22. The molecule has 2 saturated heterocycles. The highest BCUT2D eigenvalue weighted by molar-refractivity contribution is 5.95. The van der Waals surface area contributed by atoms with Crippen LogP contribution in [0.3, 0.4) is 0 Å².